The van der Waals surface area contributed by atoms with Gasteiger partial charge in [-0.2, -0.15) is 0 Å². The van der Waals surface area contributed by atoms with Gasteiger partial charge in [-0.05, 0) is 57.9 Å². The zero-order chi connectivity index (χ0) is 13.7. The Labute approximate surface area is 120 Å². The zero-order valence-electron chi connectivity index (χ0n) is 13.2. The van der Waals surface area contributed by atoms with E-state index >= 15 is 0 Å². The van der Waals surface area contributed by atoms with E-state index in [0.29, 0.717) is 5.54 Å². The molecule has 112 valence electrons. The SMILES string of the molecule is CCCC1CCC(CN)(N2CCCCCC2C)CC1. The molecule has 1 heterocycles. The third-order valence-corrected chi connectivity index (χ3v) is 5.78. The van der Waals surface area contributed by atoms with Crippen molar-refractivity contribution in [3.05, 3.63) is 0 Å². The Morgan fingerprint density at radius 1 is 1.11 bits per heavy atom. The van der Waals surface area contributed by atoms with Gasteiger partial charge in [-0.25, -0.2) is 0 Å². The molecule has 0 bridgehead atoms. The Bertz CT molecular complexity index is 256. The third kappa shape index (κ3) is 3.52. The smallest absolute Gasteiger partial charge is 0.0334 e. The van der Waals surface area contributed by atoms with Crippen molar-refractivity contribution in [2.45, 2.75) is 89.6 Å². The van der Waals surface area contributed by atoms with Gasteiger partial charge in [0, 0.05) is 18.1 Å². The molecule has 1 atom stereocenters. The molecule has 1 aliphatic carbocycles. The molecule has 1 saturated heterocycles. The molecule has 2 fully saturated rings. The van der Waals surface area contributed by atoms with Gasteiger partial charge in [0.1, 0.15) is 0 Å². The van der Waals surface area contributed by atoms with E-state index in [9.17, 15) is 0 Å². The molecule has 2 rings (SSSR count). The summed E-state index contributed by atoms with van der Waals surface area (Å²) in [6.45, 7) is 6.91. The summed E-state index contributed by atoms with van der Waals surface area (Å²) in [5, 5.41) is 0. The van der Waals surface area contributed by atoms with E-state index in [1.54, 1.807) is 0 Å². The number of hydrogen-bond donors (Lipinski definition) is 1. The molecular formula is C17H34N2. The van der Waals surface area contributed by atoms with Gasteiger partial charge in [0.15, 0.2) is 0 Å². The maximum absolute atomic E-state index is 6.26. The van der Waals surface area contributed by atoms with Crippen molar-refractivity contribution in [3.8, 4) is 0 Å². The molecule has 2 heteroatoms. The number of nitrogens with zero attached hydrogens (tertiary/aromatic N) is 1. The molecule has 1 aliphatic heterocycles. The van der Waals surface area contributed by atoms with E-state index < -0.39 is 0 Å². The average molecular weight is 266 g/mol. The summed E-state index contributed by atoms with van der Waals surface area (Å²) >= 11 is 0. The quantitative estimate of drug-likeness (QED) is 0.835. The lowest BCUT2D eigenvalue weighted by Crippen LogP contribution is -2.58. The van der Waals surface area contributed by atoms with E-state index in [1.165, 1.54) is 70.8 Å². The van der Waals surface area contributed by atoms with Crippen molar-refractivity contribution in [3.63, 3.8) is 0 Å². The molecule has 0 aromatic heterocycles. The van der Waals surface area contributed by atoms with Crippen LogP contribution in [0.4, 0.5) is 0 Å². The van der Waals surface area contributed by atoms with Gasteiger partial charge in [-0.15, -0.1) is 0 Å². The average Bonchev–Trinajstić information content (AvgIpc) is 2.65. The zero-order valence-corrected chi connectivity index (χ0v) is 13.2. The predicted molar refractivity (Wildman–Crippen MR) is 83.3 cm³/mol. The van der Waals surface area contributed by atoms with Gasteiger partial charge in [0.25, 0.3) is 0 Å². The van der Waals surface area contributed by atoms with Crippen LogP contribution in [0.25, 0.3) is 0 Å². The van der Waals surface area contributed by atoms with Crippen molar-refractivity contribution in [2.24, 2.45) is 11.7 Å². The van der Waals surface area contributed by atoms with Gasteiger partial charge in [-0.3, -0.25) is 4.90 Å². The van der Waals surface area contributed by atoms with Crippen LogP contribution in [0.3, 0.4) is 0 Å². The van der Waals surface area contributed by atoms with Gasteiger partial charge < -0.3 is 5.73 Å². The Morgan fingerprint density at radius 2 is 1.84 bits per heavy atom. The summed E-state index contributed by atoms with van der Waals surface area (Å²) in [6.07, 6.45) is 13.9. The molecule has 0 amide bonds. The highest BCUT2D eigenvalue weighted by molar-refractivity contribution is 4.98. The fourth-order valence-electron chi connectivity index (χ4n) is 4.50. The maximum atomic E-state index is 6.26. The largest absolute Gasteiger partial charge is 0.329 e. The fourth-order valence-corrected chi connectivity index (χ4v) is 4.50. The van der Waals surface area contributed by atoms with Crippen LogP contribution in [-0.2, 0) is 0 Å². The minimum absolute atomic E-state index is 0.341. The first-order valence-corrected chi connectivity index (χ1v) is 8.68. The highest BCUT2D eigenvalue weighted by Crippen LogP contribution is 2.40. The highest BCUT2D eigenvalue weighted by atomic mass is 15.2. The first kappa shape index (κ1) is 15.3. The lowest BCUT2D eigenvalue weighted by Gasteiger charge is -2.50. The van der Waals surface area contributed by atoms with Gasteiger partial charge in [-0.1, -0.05) is 32.6 Å². The Kier molecular flexibility index (Phi) is 5.70. The summed E-state index contributed by atoms with van der Waals surface area (Å²) in [5.41, 5.74) is 6.60. The van der Waals surface area contributed by atoms with Crippen molar-refractivity contribution in [2.75, 3.05) is 13.1 Å². The van der Waals surface area contributed by atoms with Gasteiger partial charge in [0.2, 0.25) is 0 Å². The minimum Gasteiger partial charge on any atom is -0.329 e. The summed E-state index contributed by atoms with van der Waals surface area (Å²) in [4.78, 5) is 2.81. The molecule has 0 radical (unpaired) electrons. The first-order valence-electron chi connectivity index (χ1n) is 8.68. The number of rotatable bonds is 4. The van der Waals surface area contributed by atoms with Gasteiger partial charge >= 0.3 is 0 Å². The first-order chi connectivity index (χ1) is 9.22. The fraction of sp³-hybridized carbons (Fsp3) is 1.00. The molecule has 2 aliphatic rings. The molecule has 19 heavy (non-hydrogen) atoms. The lowest BCUT2D eigenvalue weighted by atomic mass is 9.73. The molecule has 1 unspecified atom stereocenters. The molecule has 1 saturated carbocycles. The molecule has 2 nitrogen and oxygen atoms in total. The molecule has 0 aromatic carbocycles. The lowest BCUT2D eigenvalue weighted by molar-refractivity contribution is 0.0137. The van der Waals surface area contributed by atoms with Crippen LogP contribution in [-0.4, -0.2) is 29.6 Å². The van der Waals surface area contributed by atoms with Crippen molar-refractivity contribution in [1.29, 1.82) is 0 Å². The summed E-state index contributed by atoms with van der Waals surface area (Å²) in [6, 6.07) is 0.744. The second kappa shape index (κ2) is 7.08. The van der Waals surface area contributed by atoms with Crippen molar-refractivity contribution >= 4 is 0 Å². The molecular weight excluding hydrogens is 232 g/mol. The predicted octanol–water partition coefficient (Wildman–Crippen LogP) is 3.94. The minimum atomic E-state index is 0.341. The van der Waals surface area contributed by atoms with E-state index in [1.807, 2.05) is 0 Å². The van der Waals surface area contributed by atoms with E-state index in [-0.39, 0.29) is 0 Å². The number of hydrogen-bond acceptors (Lipinski definition) is 2. The van der Waals surface area contributed by atoms with Crippen LogP contribution in [0.15, 0.2) is 0 Å². The summed E-state index contributed by atoms with van der Waals surface area (Å²) in [5.74, 6) is 0.979. The van der Waals surface area contributed by atoms with E-state index in [4.69, 9.17) is 5.73 Å². The topological polar surface area (TPSA) is 29.3 Å². The van der Waals surface area contributed by atoms with Crippen LogP contribution in [0.1, 0.15) is 78.1 Å². The Hall–Kier alpha value is -0.0800. The second-order valence-electron chi connectivity index (χ2n) is 7.05. The monoisotopic (exact) mass is 266 g/mol. The number of likely N-dealkylation sites (tertiary alicyclic amines) is 1. The molecule has 2 N–H and O–H groups in total. The highest BCUT2D eigenvalue weighted by Gasteiger charge is 2.41. The van der Waals surface area contributed by atoms with Gasteiger partial charge in [0.05, 0.1) is 0 Å². The van der Waals surface area contributed by atoms with Crippen molar-refractivity contribution < 1.29 is 0 Å². The van der Waals surface area contributed by atoms with Crippen LogP contribution in [0.2, 0.25) is 0 Å². The Morgan fingerprint density at radius 3 is 2.47 bits per heavy atom. The summed E-state index contributed by atoms with van der Waals surface area (Å²) in [7, 11) is 0. The molecule has 0 spiro atoms. The van der Waals surface area contributed by atoms with E-state index in [0.717, 1.165) is 18.5 Å². The molecule has 0 aromatic rings. The number of nitrogens with two attached hydrogens (primary N) is 1. The van der Waals surface area contributed by atoms with E-state index in [2.05, 4.69) is 18.7 Å². The second-order valence-corrected chi connectivity index (χ2v) is 7.05. The maximum Gasteiger partial charge on any atom is 0.0334 e. The summed E-state index contributed by atoms with van der Waals surface area (Å²) < 4.78 is 0. The van der Waals surface area contributed by atoms with Crippen LogP contribution in [0, 0.1) is 5.92 Å². The van der Waals surface area contributed by atoms with Crippen molar-refractivity contribution in [1.82, 2.24) is 4.90 Å². The van der Waals surface area contributed by atoms with Crippen LogP contribution >= 0.6 is 0 Å². The van der Waals surface area contributed by atoms with Crippen LogP contribution < -0.4 is 5.73 Å². The Balaban J connectivity index is 2.01. The standard InChI is InChI=1S/C17H34N2/c1-3-7-16-9-11-17(14-18,12-10-16)19-13-6-4-5-8-15(19)2/h15-16H,3-14,18H2,1-2H3. The third-order valence-electron chi connectivity index (χ3n) is 5.78. The normalized spacial score (nSPS) is 38.1. The van der Waals surface area contributed by atoms with Crippen LogP contribution in [0.5, 0.6) is 0 Å².